The van der Waals surface area contributed by atoms with Crippen LogP contribution >= 0.6 is 11.6 Å². The second-order valence-electron chi connectivity index (χ2n) is 4.05. The van der Waals surface area contributed by atoms with E-state index < -0.39 is 28.6 Å². The third-order valence-corrected chi connectivity index (χ3v) is 3.12. The first-order chi connectivity index (χ1) is 8.99. The molecule has 0 aliphatic rings. The zero-order chi connectivity index (χ0) is 14.0. The van der Waals surface area contributed by atoms with Crippen molar-refractivity contribution in [2.24, 2.45) is 0 Å². The van der Waals surface area contributed by atoms with E-state index in [1.54, 1.807) is 0 Å². The predicted molar refractivity (Wildman–Crippen MR) is 65.0 cm³/mol. The Morgan fingerprint density at radius 3 is 2.37 bits per heavy atom. The molecule has 100 valence electrons. The summed E-state index contributed by atoms with van der Waals surface area (Å²) in [5, 5.41) is -0.906. The molecule has 0 heterocycles. The lowest BCUT2D eigenvalue weighted by Crippen LogP contribution is -2.02. The smallest absolute Gasteiger partial charge is 0.162 e. The molecule has 0 N–H and O–H groups in total. The van der Waals surface area contributed by atoms with E-state index >= 15 is 0 Å². The van der Waals surface area contributed by atoms with Crippen LogP contribution < -0.4 is 0 Å². The summed E-state index contributed by atoms with van der Waals surface area (Å²) in [5.41, 5.74) is 0.0930. The van der Waals surface area contributed by atoms with Gasteiger partial charge in [0.1, 0.15) is 11.6 Å². The predicted octanol–water partition coefficient (Wildman–Crippen LogP) is 4.77. The van der Waals surface area contributed by atoms with E-state index in [0.29, 0.717) is 6.07 Å². The van der Waals surface area contributed by atoms with Crippen molar-refractivity contribution in [1.29, 1.82) is 0 Å². The van der Waals surface area contributed by atoms with Gasteiger partial charge in [0.05, 0.1) is 5.38 Å². The molecular formula is C14H9ClF4. The van der Waals surface area contributed by atoms with Crippen molar-refractivity contribution >= 4 is 11.6 Å². The van der Waals surface area contributed by atoms with Crippen molar-refractivity contribution in [2.75, 3.05) is 0 Å². The van der Waals surface area contributed by atoms with Gasteiger partial charge in [-0.2, -0.15) is 0 Å². The van der Waals surface area contributed by atoms with E-state index in [4.69, 9.17) is 11.6 Å². The zero-order valence-corrected chi connectivity index (χ0v) is 10.4. The molecular weight excluding hydrogens is 280 g/mol. The van der Waals surface area contributed by atoms with Crippen molar-refractivity contribution in [1.82, 2.24) is 0 Å². The highest BCUT2D eigenvalue weighted by molar-refractivity contribution is 6.20. The Bertz CT molecular complexity index is 598. The maximum atomic E-state index is 13.5. The molecule has 0 radical (unpaired) electrons. The molecule has 0 fully saturated rings. The molecule has 0 saturated carbocycles. The van der Waals surface area contributed by atoms with Crippen molar-refractivity contribution in [3.63, 3.8) is 0 Å². The summed E-state index contributed by atoms with van der Waals surface area (Å²) < 4.78 is 52.7. The second-order valence-corrected chi connectivity index (χ2v) is 4.58. The van der Waals surface area contributed by atoms with Crippen molar-refractivity contribution < 1.29 is 17.6 Å². The molecule has 2 aromatic rings. The lowest BCUT2D eigenvalue weighted by Gasteiger charge is -2.12. The Labute approximate surface area is 112 Å². The third-order valence-electron chi connectivity index (χ3n) is 2.73. The van der Waals surface area contributed by atoms with Gasteiger partial charge in [0.15, 0.2) is 11.6 Å². The Morgan fingerprint density at radius 1 is 0.947 bits per heavy atom. The second kappa shape index (κ2) is 5.61. The van der Waals surface area contributed by atoms with Crippen LogP contribution in [0.15, 0.2) is 36.4 Å². The van der Waals surface area contributed by atoms with Gasteiger partial charge in [0.25, 0.3) is 0 Å². The maximum Gasteiger partial charge on any atom is 0.162 e. The van der Waals surface area contributed by atoms with Gasteiger partial charge in [-0.1, -0.05) is 18.2 Å². The standard InChI is InChI=1S/C14H9ClF4/c15-11(10-5-4-9(16)7-13(10)18)6-8-2-1-3-12(17)14(8)19/h1-5,7,11H,6H2. The number of halogens is 5. The van der Waals surface area contributed by atoms with Crippen LogP contribution in [-0.4, -0.2) is 0 Å². The number of rotatable bonds is 3. The Kier molecular flexibility index (Phi) is 4.10. The van der Waals surface area contributed by atoms with Gasteiger partial charge in [-0.25, -0.2) is 17.6 Å². The summed E-state index contributed by atoms with van der Waals surface area (Å²) in [6.07, 6.45) is -0.0896. The van der Waals surface area contributed by atoms with Crippen LogP contribution in [-0.2, 0) is 6.42 Å². The zero-order valence-electron chi connectivity index (χ0n) is 9.64. The van der Waals surface area contributed by atoms with Crippen molar-refractivity contribution in [3.05, 3.63) is 70.8 Å². The average Bonchev–Trinajstić information content (AvgIpc) is 2.34. The quantitative estimate of drug-likeness (QED) is 0.564. The lowest BCUT2D eigenvalue weighted by atomic mass is 10.0. The molecule has 2 aromatic carbocycles. The Balaban J connectivity index is 2.25. The molecule has 0 aromatic heterocycles. The molecule has 0 nitrogen and oxygen atoms in total. The number of alkyl halides is 1. The van der Waals surface area contributed by atoms with Gasteiger partial charge in [-0.15, -0.1) is 11.6 Å². The molecule has 5 heteroatoms. The molecule has 0 aliphatic carbocycles. The molecule has 1 atom stereocenters. The molecule has 0 bridgehead atoms. The highest BCUT2D eigenvalue weighted by Gasteiger charge is 2.17. The van der Waals surface area contributed by atoms with Gasteiger partial charge in [-0.3, -0.25) is 0 Å². The minimum absolute atomic E-state index is 0.0451. The van der Waals surface area contributed by atoms with E-state index in [1.807, 2.05) is 0 Å². The lowest BCUT2D eigenvalue weighted by molar-refractivity contribution is 0.497. The fraction of sp³-hybridized carbons (Fsp3) is 0.143. The van der Waals surface area contributed by atoms with Gasteiger partial charge < -0.3 is 0 Å². The summed E-state index contributed by atoms with van der Waals surface area (Å²) in [6.45, 7) is 0. The topological polar surface area (TPSA) is 0 Å². The first kappa shape index (κ1) is 13.9. The van der Waals surface area contributed by atoms with Gasteiger partial charge in [0, 0.05) is 11.6 Å². The van der Waals surface area contributed by atoms with Gasteiger partial charge >= 0.3 is 0 Å². The highest BCUT2D eigenvalue weighted by atomic mass is 35.5. The summed E-state index contributed by atoms with van der Waals surface area (Å²) in [7, 11) is 0. The number of benzene rings is 2. The summed E-state index contributed by atoms with van der Waals surface area (Å²) >= 11 is 5.97. The Hall–Kier alpha value is -1.55. The summed E-state index contributed by atoms with van der Waals surface area (Å²) in [5.74, 6) is -3.52. The first-order valence-electron chi connectivity index (χ1n) is 5.51. The minimum Gasteiger partial charge on any atom is -0.207 e. The SMILES string of the molecule is Fc1ccc(C(Cl)Cc2cccc(F)c2F)c(F)c1. The Morgan fingerprint density at radius 2 is 1.68 bits per heavy atom. The van der Waals surface area contributed by atoms with E-state index in [9.17, 15) is 17.6 Å². The van der Waals surface area contributed by atoms with Gasteiger partial charge in [0.2, 0.25) is 0 Å². The van der Waals surface area contributed by atoms with Crippen LogP contribution in [0.1, 0.15) is 16.5 Å². The first-order valence-corrected chi connectivity index (χ1v) is 5.94. The molecule has 2 rings (SSSR count). The minimum atomic E-state index is -1.00. The van der Waals surface area contributed by atoms with Crippen molar-refractivity contribution in [3.8, 4) is 0 Å². The van der Waals surface area contributed by atoms with Gasteiger partial charge in [-0.05, 0) is 24.1 Å². The van der Waals surface area contributed by atoms with Crippen LogP contribution in [0, 0.1) is 23.3 Å². The van der Waals surface area contributed by atoms with Crippen LogP contribution in [0.25, 0.3) is 0 Å². The normalized spacial score (nSPS) is 12.5. The van der Waals surface area contributed by atoms with Crippen LogP contribution in [0.4, 0.5) is 17.6 Å². The third kappa shape index (κ3) is 3.07. The van der Waals surface area contributed by atoms with Crippen LogP contribution in [0.5, 0.6) is 0 Å². The largest absolute Gasteiger partial charge is 0.207 e. The summed E-state index contributed by atoms with van der Waals surface area (Å²) in [6, 6.07) is 6.66. The van der Waals surface area contributed by atoms with E-state index in [0.717, 1.165) is 12.1 Å². The maximum absolute atomic E-state index is 13.5. The van der Waals surface area contributed by atoms with Crippen molar-refractivity contribution in [2.45, 2.75) is 11.8 Å². The fourth-order valence-corrected chi connectivity index (χ4v) is 2.11. The van der Waals surface area contributed by atoms with E-state index in [1.165, 1.54) is 18.2 Å². The van der Waals surface area contributed by atoms with E-state index in [2.05, 4.69) is 0 Å². The van der Waals surface area contributed by atoms with Crippen LogP contribution in [0.2, 0.25) is 0 Å². The molecule has 19 heavy (non-hydrogen) atoms. The van der Waals surface area contributed by atoms with Crippen LogP contribution in [0.3, 0.4) is 0 Å². The summed E-state index contributed by atoms with van der Waals surface area (Å²) in [4.78, 5) is 0. The molecule has 0 saturated heterocycles. The highest BCUT2D eigenvalue weighted by Crippen LogP contribution is 2.28. The fourth-order valence-electron chi connectivity index (χ4n) is 1.76. The number of hydrogen-bond acceptors (Lipinski definition) is 0. The average molecular weight is 289 g/mol. The number of hydrogen-bond donors (Lipinski definition) is 0. The molecule has 0 aliphatic heterocycles. The van der Waals surface area contributed by atoms with E-state index in [-0.39, 0.29) is 17.5 Å². The molecule has 0 amide bonds. The molecule has 1 unspecified atom stereocenters. The molecule has 0 spiro atoms. The monoisotopic (exact) mass is 288 g/mol.